The van der Waals surface area contributed by atoms with Crippen molar-refractivity contribution in [2.45, 2.75) is 30.9 Å². The fraction of sp³-hybridized carbons (Fsp3) is 0.500. The molecule has 0 fully saturated rings. The number of aryl methyl sites for hydroxylation is 2. The highest BCUT2D eigenvalue weighted by atomic mass is 32.2. The van der Waals surface area contributed by atoms with Crippen LogP contribution in [0.2, 0.25) is 0 Å². The van der Waals surface area contributed by atoms with E-state index in [0.29, 0.717) is 17.8 Å². The molecule has 18 heavy (non-hydrogen) atoms. The summed E-state index contributed by atoms with van der Waals surface area (Å²) in [6.07, 6.45) is 1.95. The van der Waals surface area contributed by atoms with Gasteiger partial charge in [-0.3, -0.25) is 0 Å². The molecular weight excluding hydrogens is 268 g/mol. The molecule has 0 heterocycles. The first-order chi connectivity index (χ1) is 8.29. The molecule has 1 rings (SSSR count). The van der Waals surface area contributed by atoms with Gasteiger partial charge in [-0.1, -0.05) is 19.1 Å². The Morgan fingerprint density at radius 1 is 1.33 bits per heavy atom. The molecule has 0 aliphatic heterocycles. The van der Waals surface area contributed by atoms with Crippen LogP contribution in [0.15, 0.2) is 17.0 Å². The molecule has 0 aliphatic rings. The number of hydrogen-bond acceptors (Lipinski definition) is 4. The molecule has 1 aromatic carbocycles. The topological polar surface area (TPSA) is 72.2 Å². The molecule has 0 aromatic heterocycles. The van der Waals surface area contributed by atoms with Crippen molar-refractivity contribution >= 4 is 27.5 Å². The maximum Gasteiger partial charge on any atom is 0.242 e. The SMILES string of the molecule is CSC(C)CNS(=O)(=O)c1c(C)ccc(C)c1N. The largest absolute Gasteiger partial charge is 0.397 e. The first-order valence-electron chi connectivity index (χ1n) is 5.67. The summed E-state index contributed by atoms with van der Waals surface area (Å²) < 4.78 is 27.1. The van der Waals surface area contributed by atoms with Crippen molar-refractivity contribution in [2.24, 2.45) is 0 Å². The Labute approximate surface area is 113 Å². The zero-order valence-electron chi connectivity index (χ0n) is 11.1. The number of benzene rings is 1. The second-order valence-corrected chi connectivity index (χ2v) is 7.32. The molecule has 0 radical (unpaired) electrons. The first-order valence-corrected chi connectivity index (χ1v) is 8.45. The van der Waals surface area contributed by atoms with Crippen molar-refractivity contribution in [1.82, 2.24) is 4.72 Å². The van der Waals surface area contributed by atoms with Crippen LogP contribution in [0.25, 0.3) is 0 Å². The summed E-state index contributed by atoms with van der Waals surface area (Å²) in [6.45, 7) is 5.93. The van der Waals surface area contributed by atoms with E-state index >= 15 is 0 Å². The molecule has 1 unspecified atom stereocenters. The first kappa shape index (κ1) is 15.3. The summed E-state index contributed by atoms with van der Waals surface area (Å²) in [4.78, 5) is 0.204. The summed E-state index contributed by atoms with van der Waals surface area (Å²) in [5.41, 5.74) is 7.66. The molecule has 1 aromatic rings. The van der Waals surface area contributed by atoms with Crippen LogP contribution < -0.4 is 10.5 Å². The van der Waals surface area contributed by atoms with Gasteiger partial charge in [0.2, 0.25) is 10.0 Å². The van der Waals surface area contributed by atoms with Crippen LogP contribution in [0.5, 0.6) is 0 Å². The van der Waals surface area contributed by atoms with E-state index in [9.17, 15) is 8.42 Å². The number of anilines is 1. The van der Waals surface area contributed by atoms with Gasteiger partial charge in [0.1, 0.15) is 4.90 Å². The van der Waals surface area contributed by atoms with Gasteiger partial charge in [-0.15, -0.1) is 0 Å². The smallest absolute Gasteiger partial charge is 0.242 e. The second kappa shape index (κ2) is 5.95. The summed E-state index contributed by atoms with van der Waals surface area (Å²) in [7, 11) is -3.54. The average molecular weight is 288 g/mol. The van der Waals surface area contributed by atoms with E-state index in [1.807, 2.05) is 19.2 Å². The molecule has 102 valence electrons. The van der Waals surface area contributed by atoms with E-state index in [-0.39, 0.29) is 10.1 Å². The summed E-state index contributed by atoms with van der Waals surface area (Å²) >= 11 is 1.61. The minimum Gasteiger partial charge on any atom is -0.397 e. The molecule has 0 bridgehead atoms. The summed E-state index contributed by atoms with van der Waals surface area (Å²) in [6, 6.07) is 3.60. The Morgan fingerprint density at radius 3 is 2.44 bits per heavy atom. The Balaban J connectivity index is 3.09. The summed E-state index contributed by atoms with van der Waals surface area (Å²) in [5, 5.41) is 0.228. The number of nitrogen functional groups attached to an aromatic ring is 1. The minimum atomic E-state index is -3.54. The van der Waals surface area contributed by atoms with E-state index in [1.54, 1.807) is 31.7 Å². The lowest BCUT2D eigenvalue weighted by molar-refractivity contribution is 0.581. The average Bonchev–Trinajstić information content (AvgIpc) is 2.31. The Kier molecular flexibility index (Phi) is 5.07. The van der Waals surface area contributed by atoms with E-state index in [2.05, 4.69) is 4.72 Å². The van der Waals surface area contributed by atoms with Crippen molar-refractivity contribution in [3.8, 4) is 0 Å². The van der Waals surface area contributed by atoms with Gasteiger partial charge in [0.15, 0.2) is 0 Å². The van der Waals surface area contributed by atoms with Crippen molar-refractivity contribution in [3.05, 3.63) is 23.3 Å². The van der Waals surface area contributed by atoms with E-state index in [4.69, 9.17) is 5.73 Å². The lowest BCUT2D eigenvalue weighted by Gasteiger charge is -2.15. The molecule has 0 amide bonds. The molecule has 3 N–H and O–H groups in total. The monoisotopic (exact) mass is 288 g/mol. The van der Waals surface area contributed by atoms with Gasteiger partial charge in [0.05, 0.1) is 5.69 Å². The van der Waals surface area contributed by atoms with Crippen LogP contribution in [-0.4, -0.2) is 26.5 Å². The van der Waals surface area contributed by atoms with Gasteiger partial charge in [-0.25, -0.2) is 13.1 Å². The third-order valence-electron chi connectivity index (χ3n) is 2.84. The maximum absolute atomic E-state index is 12.2. The summed E-state index contributed by atoms with van der Waals surface area (Å²) in [5.74, 6) is 0. The lowest BCUT2D eigenvalue weighted by Crippen LogP contribution is -2.30. The molecule has 0 saturated carbocycles. The zero-order chi connectivity index (χ0) is 13.9. The highest BCUT2D eigenvalue weighted by Gasteiger charge is 2.21. The van der Waals surface area contributed by atoms with E-state index in [0.717, 1.165) is 5.56 Å². The van der Waals surface area contributed by atoms with Gasteiger partial charge in [0, 0.05) is 11.8 Å². The Hall–Kier alpha value is -0.720. The fourth-order valence-electron chi connectivity index (χ4n) is 1.55. The molecule has 4 nitrogen and oxygen atoms in total. The number of sulfonamides is 1. The molecule has 6 heteroatoms. The van der Waals surface area contributed by atoms with Gasteiger partial charge >= 0.3 is 0 Å². The van der Waals surface area contributed by atoms with Crippen LogP contribution in [-0.2, 0) is 10.0 Å². The zero-order valence-corrected chi connectivity index (χ0v) is 12.8. The van der Waals surface area contributed by atoms with Crippen LogP contribution in [0.3, 0.4) is 0 Å². The van der Waals surface area contributed by atoms with Crippen molar-refractivity contribution < 1.29 is 8.42 Å². The van der Waals surface area contributed by atoms with E-state index < -0.39 is 10.0 Å². The van der Waals surface area contributed by atoms with Crippen molar-refractivity contribution in [3.63, 3.8) is 0 Å². The number of nitrogens with two attached hydrogens (primary N) is 1. The van der Waals surface area contributed by atoms with Crippen LogP contribution in [0.4, 0.5) is 5.69 Å². The predicted molar refractivity (Wildman–Crippen MR) is 78.5 cm³/mol. The standard InChI is InChI=1S/C12H20N2O2S2/c1-8-5-6-9(2)12(11(8)13)18(15,16)14-7-10(3)17-4/h5-6,10,14H,7,13H2,1-4H3. The fourth-order valence-corrected chi connectivity index (χ4v) is 3.46. The van der Waals surface area contributed by atoms with Gasteiger partial charge < -0.3 is 5.73 Å². The Morgan fingerprint density at radius 2 is 1.89 bits per heavy atom. The van der Waals surface area contributed by atoms with Crippen LogP contribution >= 0.6 is 11.8 Å². The van der Waals surface area contributed by atoms with Gasteiger partial charge in [-0.2, -0.15) is 11.8 Å². The third-order valence-corrected chi connectivity index (χ3v) is 5.44. The quantitative estimate of drug-likeness (QED) is 0.812. The third kappa shape index (κ3) is 3.40. The molecule has 0 spiro atoms. The molecule has 0 aliphatic carbocycles. The van der Waals surface area contributed by atoms with E-state index in [1.165, 1.54) is 0 Å². The highest BCUT2D eigenvalue weighted by Crippen LogP contribution is 2.25. The number of thioether (sulfide) groups is 1. The number of nitrogens with one attached hydrogen (secondary N) is 1. The van der Waals surface area contributed by atoms with Gasteiger partial charge in [-0.05, 0) is 31.2 Å². The normalized spacial score (nSPS) is 13.6. The van der Waals surface area contributed by atoms with Crippen LogP contribution in [0.1, 0.15) is 18.1 Å². The highest BCUT2D eigenvalue weighted by molar-refractivity contribution is 7.99. The van der Waals surface area contributed by atoms with Crippen molar-refractivity contribution in [2.75, 3.05) is 18.5 Å². The number of hydrogen-bond donors (Lipinski definition) is 2. The lowest BCUT2D eigenvalue weighted by atomic mass is 10.1. The predicted octanol–water partition coefficient (Wildman–Crippen LogP) is 1.92. The second-order valence-electron chi connectivity index (χ2n) is 4.34. The molecule has 1 atom stereocenters. The molecular formula is C12H20N2O2S2. The van der Waals surface area contributed by atoms with Crippen molar-refractivity contribution in [1.29, 1.82) is 0 Å². The minimum absolute atomic E-state index is 0.204. The van der Waals surface area contributed by atoms with Crippen LogP contribution in [0, 0.1) is 13.8 Å². The number of rotatable bonds is 5. The van der Waals surface area contributed by atoms with Gasteiger partial charge in [0.25, 0.3) is 0 Å². The Bertz CT molecular complexity index is 527. The molecule has 0 saturated heterocycles. The maximum atomic E-state index is 12.2.